The number of para-hydroxylation sites is 1. The Morgan fingerprint density at radius 2 is 1.77 bits per heavy atom. The number of hydrogen-bond donors (Lipinski definition) is 1. The minimum absolute atomic E-state index is 0.0514. The Bertz CT molecular complexity index is 1150. The van der Waals surface area contributed by atoms with Crippen molar-refractivity contribution >= 4 is 40.9 Å². The monoisotopic (exact) mass is 450 g/mol. The molecule has 0 aliphatic carbocycles. The average molecular weight is 451 g/mol. The van der Waals surface area contributed by atoms with Crippen LogP contribution in [0.25, 0.3) is 6.08 Å². The summed E-state index contributed by atoms with van der Waals surface area (Å²) >= 11 is 12.1. The molecule has 156 valence electrons. The quantitative estimate of drug-likeness (QED) is 0.322. The number of amides is 1. The number of nitrogens with zero attached hydrogens (tertiary/aromatic N) is 1. The second-order valence-corrected chi connectivity index (χ2v) is 7.60. The van der Waals surface area contributed by atoms with Crippen molar-refractivity contribution in [3.63, 3.8) is 0 Å². The third-order valence-corrected chi connectivity index (χ3v) is 5.08. The molecule has 0 bridgehead atoms. The fourth-order valence-electron chi connectivity index (χ4n) is 2.95. The first-order chi connectivity index (χ1) is 15.0. The summed E-state index contributed by atoms with van der Waals surface area (Å²) in [5.41, 5.74) is 3.09. The van der Waals surface area contributed by atoms with E-state index in [4.69, 9.17) is 27.9 Å². The number of hydrogen-bond acceptors (Lipinski definition) is 3. The van der Waals surface area contributed by atoms with Gasteiger partial charge in [0.25, 0.3) is 5.91 Å². The van der Waals surface area contributed by atoms with Gasteiger partial charge in [0.05, 0.1) is 0 Å². The lowest BCUT2D eigenvalue weighted by Gasteiger charge is -2.11. The van der Waals surface area contributed by atoms with Gasteiger partial charge in [-0.3, -0.25) is 4.79 Å². The van der Waals surface area contributed by atoms with Crippen LogP contribution in [0.4, 0.5) is 5.69 Å². The van der Waals surface area contributed by atoms with Crippen molar-refractivity contribution in [2.75, 3.05) is 5.32 Å². The molecule has 0 heterocycles. The molecule has 1 amide bonds. The van der Waals surface area contributed by atoms with Gasteiger partial charge in [-0.15, -0.1) is 0 Å². The van der Waals surface area contributed by atoms with Gasteiger partial charge >= 0.3 is 0 Å². The predicted octanol–water partition coefficient (Wildman–Crippen LogP) is 6.68. The fourth-order valence-corrected chi connectivity index (χ4v) is 3.26. The largest absolute Gasteiger partial charge is 0.488 e. The van der Waals surface area contributed by atoms with Gasteiger partial charge in [0.15, 0.2) is 0 Å². The van der Waals surface area contributed by atoms with Crippen LogP contribution in [0.3, 0.4) is 0 Å². The number of anilines is 1. The van der Waals surface area contributed by atoms with E-state index in [2.05, 4.69) is 5.32 Å². The zero-order valence-corrected chi connectivity index (χ0v) is 18.4. The molecule has 31 heavy (non-hydrogen) atoms. The van der Waals surface area contributed by atoms with E-state index < -0.39 is 5.91 Å². The molecule has 0 fully saturated rings. The van der Waals surface area contributed by atoms with Crippen LogP contribution in [0.15, 0.2) is 72.3 Å². The van der Waals surface area contributed by atoms with Gasteiger partial charge in [-0.2, -0.15) is 5.26 Å². The molecule has 0 aliphatic heterocycles. The molecular formula is C25H20Cl2N2O2. The highest BCUT2D eigenvalue weighted by Crippen LogP contribution is 2.27. The van der Waals surface area contributed by atoms with Crippen LogP contribution < -0.4 is 10.1 Å². The van der Waals surface area contributed by atoms with Gasteiger partial charge in [-0.05, 0) is 60.0 Å². The third-order valence-electron chi connectivity index (χ3n) is 4.59. The van der Waals surface area contributed by atoms with Gasteiger partial charge < -0.3 is 10.1 Å². The SMILES string of the molecule is CCc1ccccc1NC(=O)/C(C#N)=C/c1cc(Cl)ccc1OCc1ccc(Cl)cc1. The zero-order chi connectivity index (χ0) is 22.2. The number of halogens is 2. The number of nitrogens with one attached hydrogen (secondary N) is 1. The van der Waals surface area contributed by atoms with Crippen LogP contribution >= 0.6 is 23.2 Å². The molecule has 3 aromatic carbocycles. The Hall–Kier alpha value is -3.26. The molecule has 0 aliphatic rings. The Kier molecular flexibility index (Phi) is 7.72. The molecule has 0 atom stereocenters. The summed E-state index contributed by atoms with van der Waals surface area (Å²) in [6.07, 6.45) is 2.24. The van der Waals surface area contributed by atoms with E-state index in [0.717, 1.165) is 17.5 Å². The van der Waals surface area contributed by atoms with Crippen molar-refractivity contribution in [2.45, 2.75) is 20.0 Å². The highest BCUT2D eigenvalue weighted by atomic mass is 35.5. The minimum atomic E-state index is -0.493. The lowest BCUT2D eigenvalue weighted by molar-refractivity contribution is -0.112. The van der Waals surface area contributed by atoms with Gasteiger partial charge in [-0.1, -0.05) is 60.5 Å². The van der Waals surface area contributed by atoms with E-state index in [1.165, 1.54) is 6.08 Å². The van der Waals surface area contributed by atoms with Crippen LogP contribution in [-0.2, 0) is 17.8 Å². The summed E-state index contributed by atoms with van der Waals surface area (Å²) in [6, 6.07) is 21.8. The zero-order valence-electron chi connectivity index (χ0n) is 16.9. The standard InChI is InChI=1S/C25H20Cl2N2O2/c1-2-18-5-3-4-6-23(18)29-25(30)20(15-28)13-19-14-22(27)11-12-24(19)31-16-17-7-9-21(26)10-8-17/h3-14H,2,16H2,1H3,(H,29,30)/b20-13+. The van der Waals surface area contributed by atoms with Gasteiger partial charge in [0.1, 0.15) is 24.0 Å². The van der Waals surface area contributed by atoms with Crippen LogP contribution in [-0.4, -0.2) is 5.91 Å². The summed E-state index contributed by atoms with van der Waals surface area (Å²) in [6.45, 7) is 2.31. The maximum absolute atomic E-state index is 12.7. The molecule has 3 aromatic rings. The first kappa shape index (κ1) is 22.4. The number of rotatable bonds is 7. The van der Waals surface area contributed by atoms with Crippen LogP contribution in [0.5, 0.6) is 5.75 Å². The Labute approximate surface area is 191 Å². The van der Waals surface area contributed by atoms with Crippen LogP contribution in [0, 0.1) is 11.3 Å². The molecule has 0 spiro atoms. The van der Waals surface area contributed by atoms with Crippen molar-refractivity contribution in [3.05, 3.63) is 99.0 Å². The van der Waals surface area contributed by atoms with E-state index in [0.29, 0.717) is 33.7 Å². The Morgan fingerprint density at radius 1 is 1.06 bits per heavy atom. The molecule has 3 rings (SSSR count). The maximum atomic E-state index is 12.7. The van der Waals surface area contributed by atoms with E-state index in [1.54, 1.807) is 30.3 Å². The van der Waals surface area contributed by atoms with E-state index >= 15 is 0 Å². The van der Waals surface area contributed by atoms with Crippen molar-refractivity contribution in [1.29, 1.82) is 5.26 Å². The lowest BCUT2D eigenvalue weighted by atomic mass is 10.1. The maximum Gasteiger partial charge on any atom is 0.266 e. The lowest BCUT2D eigenvalue weighted by Crippen LogP contribution is -2.14. The highest BCUT2D eigenvalue weighted by Gasteiger charge is 2.13. The second-order valence-electron chi connectivity index (χ2n) is 6.73. The summed E-state index contributed by atoms with van der Waals surface area (Å²) in [5, 5.41) is 13.5. The molecule has 1 N–H and O–H groups in total. The number of ether oxygens (including phenoxy) is 1. The van der Waals surface area contributed by atoms with Crippen molar-refractivity contribution in [2.24, 2.45) is 0 Å². The van der Waals surface area contributed by atoms with Crippen LogP contribution in [0.1, 0.15) is 23.6 Å². The van der Waals surface area contributed by atoms with E-state index in [9.17, 15) is 10.1 Å². The van der Waals surface area contributed by atoms with Gasteiger partial charge in [0, 0.05) is 21.3 Å². The summed E-state index contributed by atoms with van der Waals surface area (Å²) < 4.78 is 5.91. The van der Waals surface area contributed by atoms with Crippen LogP contribution in [0.2, 0.25) is 10.0 Å². The summed E-state index contributed by atoms with van der Waals surface area (Å²) in [4.78, 5) is 12.7. The number of aryl methyl sites for hydroxylation is 1. The summed E-state index contributed by atoms with van der Waals surface area (Å²) in [7, 11) is 0. The van der Waals surface area contributed by atoms with E-state index in [1.807, 2.05) is 49.4 Å². The molecule has 0 radical (unpaired) electrons. The second kappa shape index (κ2) is 10.7. The molecular weight excluding hydrogens is 431 g/mol. The molecule has 6 heteroatoms. The number of nitriles is 1. The Balaban J connectivity index is 1.84. The minimum Gasteiger partial charge on any atom is -0.488 e. The molecule has 0 saturated carbocycles. The predicted molar refractivity (Wildman–Crippen MR) is 125 cm³/mol. The third kappa shape index (κ3) is 6.11. The number of carbonyl (C=O) groups is 1. The summed E-state index contributed by atoms with van der Waals surface area (Å²) in [5.74, 6) is 0.0147. The number of benzene rings is 3. The first-order valence-corrected chi connectivity index (χ1v) is 10.4. The fraction of sp³-hybridized carbons (Fsp3) is 0.120. The normalized spacial score (nSPS) is 11.0. The molecule has 4 nitrogen and oxygen atoms in total. The highest BCUT2D eigenvalue weighted by molar-refractivity contribution is 6.31. The van der Waals surface area contributed by atoms with E-state index in [-0.39, 0.29) is 5.57 Å². The van der Waals surface area contributed by atoms with Gasteiger partial charge in [0.2, 0.25) is 0 Å². The van der Waals surface area contributed by atoms with Crippen molar-refractivity contribution in [3.8, 4) is 11.8 Å². The van der Waals surface area contributed by atoms with Crippen molar-refractivity contribution in [1.82, 2.24) is 0 Å². The topological polar surface area (TPSA) is 62.1 Å². The molecule has 0 saturated heterocycles. The molecule has 0 aromatic heterocycles. The average Bonchev–Trinajstić information content (AvgIpc) is 2.78. The molecule has 0 unspecified atom stereocenters. The van der Waals surface area contributed by atoms with Crippen molar-refractivity contribution < 1.29 is 9.53 Å². The van der Waals surface area contributed by atoms with Gasteiger partial charge in [-0.25, -0.2) is 0 Å². The smallest absolute Gasteiger partial charge is 0.266 e. The first-order valence-electron chi connectivity index (χ1n) is 9.68. The number of carbonyl (C=O) groups excluding carboxylic acids is 1. The Morgan fingerprint density at radius 3 is 2.48 bits per heavy atom.